The Morgan fingerprint density at radius 1 is 1.60 bits per heavy atom. The summed E-state index contributed by atoms with van der Waals surface area (Å²) in [7, 11) is 0. The SMILES string of the molecule is NCCCC1[N]CCC1Cl. The summed E-state index contributed by atoms with van der Waals surface area (Å²) in [5.74, 6) is 0. The first kappa shape index (κ1) is 8.31. The van der Waals surface area contributed by atoms with Gasteiger partial charge in [-0.15, -0.1) is 11.6 Å². The average molecular weight is 162 g/mol. The second kappa shape index (κ2) is 4.16. The predicted octanol–water partition coefficient (Wildman–Crippen LogP) is 0.709. The van der Waals surface area contributed by atoms with Gasteiger partial charge in [-0.2, -0.15) is 0 Å². The van der Waals surface area contributed by atoms with Crippen molar-refractivity contribution < 1.29 is 0 Å². The summed E-state index contributed by atoms with van der Waals surface area (Å²) in [6.07, 6.45) is 3.18. The minimum atomic E-state index is 0.284. The van der Waals surface area contributed by atoms with Crippen LogP contribution in [0.2, 0.25) is 0 Å². The van der Waals surface area contributed by atoms with E-state index in [1.54, 1.807) is 0 Å². The maximum atomic E-state index is 5.98. The number of rotatable bonds is 3. The second-order valence-corrected chi connectivity index (χ2v) is 3.27. The molecule has 1 heterocycles. The Labute approximate surface area is 67.1 Å². The van der Waals surface area contributed by atoms with Gasteiger partial charge in [-0.1, -0.05) is 0 Å². The average Bonchev–Trinajstić information content (AvgIpc) is 2.31. The molecule has 1 saturated heterocycles. The molecule has 2 nitrogen and oxygen atoms in total. The minimum Gasteiger partial charge on any atom is -0.330 e. The lowest BCUT2D eigenvalue weighted by Gasteiger charge is -2.10. The summed E-state index contributed by atoms with van der Waals surface area (Å²) < 4.78 is 0. The van der Waals surface area contributed by atoms with Gasteiger partial charge < -0.3 is 5.73 Å². The van der Waals surface area contributed by atoms with Crippen LogP contribution in [-0.4, -0.2) is 24.5 Å². The lowest BCUT2D eigenvalue weighted by molar-refractivity contribution is 0.537. The van der Waals surface area contributed by atoms with E-state index < -0.39 is 0 Å². The van der Waals surface area contributed by atoms with E-state index in [2.05, 4.69) is 5.32 Å². The first-order valence-electron chi connectivity index (χ1n) is 3.85. The molecule has 3 heteroatoms. The van der Waals surface area contributed by atoms with Crippen LogP contribution in [0.15, 0.2) is 0 Å². The summed E-state index contributed by atoms with van der Waals surface area (Å²) in [6, 6.07) is 0.394. The Kier molecular flexibility index (Phi) is 3.46. The molecule has 0 aromatic carbocycles. The Morgan fingerprint density at radius 2 is 2.40 bits per heavy atom. The van der Waals surface area contributed by atoms with Crippen molar-refractivity contribution in [3.05, 3.63) is 0 Å². The molecule has 2 N–H and O–H groups in total. The molecule has 1 rings (SSSR count). The van der Waals surface area contributed by atoms with Crippen molar-refractivity contribution in [2.24, 2.45) is 5.73 Å². The summed E-state index contributed by atoms with van der Waals surface area (Å²) in [5.41, 5.74) is 5.37. The van der Waals surface area contributed by atoms with Crippen LogP contribution in [-0.2, 0) is 0 Å². The number of hydrogen-bond acceptors (Lipinski definition) is 1. The zero-order valence-corrected chi connectivity index (χ0v) is 6.85. The monoisotopic (exact) mass is 161 g/mol. The molecule has 0 bridgehead atoms. The van der Waals surface area contributed by atoms with Crippen molar-refractivity contribution in [1.82, 2.24) is 5.32 Å². The highest BCUT2D eigenvalue weighted by atomic mass is 35.5. The summed E-state index contributed by atoms with van der Waals surface area (Å²) in [5, 5.41) is 4.65. The van der Waals surface area contributed by atoms with E-state index in [-0.39, 0.29) is 5.38 Å². The maximum absolute atomic E-state index is 5.98. The fourth-order valence-electron chi connectivity index (χ4n) is 1.27. The Hall–Kier alpha value is 0.210. The third-order valence-corrected chi connectivity index (χ3v) is 2.40. The minimum absolute atomic E-state index is 0.284. The van der Waals surface area contributed by atoms with Crippen LogP contribution in [0.25, 0.3) is 0 Å². The molecule has 2 atom stereocenters. The van der Waals surface area contributed by atoms with E-state index in [1.807, 2.05) is 0 Å². The molecule has 59 valence electrons. The molecule has 2 unspecified atom stereocenters. The summed E-state index contributed by atoms with van der Waals surface area (Å²) in [4.78, 5) is 0. The molecule has 0 amide bonds. The van der Waals surface area contributed by atoms with Gasteiger partial charge in [0, 0.05) is 12.6 Å². The molecule has 1 aliphatic heterocycles. The van der Waals surface area contributed by atoms with Crippen molar-refractivity contribution >= 4 is 11.6 Å². The third kappa shape index (κ3) is 2.11. The molecule has 0 spiro atoms. The Bertz CT molecular complexity index is 97.6. The van der Waals surface area contributed by atoms with Gasteiger partial charge in [-0.25, -0.2) is 5.32 Å². The molecule has 1 radical (unpaired) electrons. The van der Waals surface area contributed by atoms with Gasteiger partial charge in [0.05, 0.1) is 5.38 Å². The smallest absolute Gasteiger partial charge is 0.0518 e. The zero-order valence-electron chi connectivity index (χ0n) is 6.09. The molecule has 0 saturated carbocycles. The molecular formula is C7H14ClN2. The lowest BCUT2D eigenvalue weighted by Crippen LogP contribution is -2.22. The fourth-order valence-corrected chi connectivity index (χ4v) is 1.57. The van der Waals surface area contributed by atoms with E-state index in [1.165, 1.54) is 0 Å². The van der Waals surface area contributed by atoms with Crippen molar-refractivity contribution in [3.63, 3.8) is 0 Å². The molecular weight excluding hydrogens is 148 g/mol. The van der Waals surface area contributed by atoms with Gasteiger partial charge in [-0.05, 0) is 25.8 Å². The van der Waals surface area contributed by atoms with Crippen LogP contribution >= 0.6 is 11.6 Å². The maximum Gasteiger partial charge on any atom is 0.0518 e. The third-order valence-electron chi connectivity index (χ3n) is 1.89. The van der Waals surface area contributed by atoms with Gasteiger partial charge >= 0.3 is 0 Å². The number of halogens is 1. The van der Waals surface area contributed by atoms with Crippen molar-refractivity contribution in [2.75, 3.05) is 13.1 Å². The van der Waals surface area contributed by atoms with E-state index >= 15 is 0 Å². The molecule has 10 heavy (non-hydrogen) atoms. The number of alkyl halides is 1. The normalized spacial score (nSPS) is 33.0. The van der Waals surface area contributed by atoms with Gasteiger partial charge in [0.15, 0.2) is 0 Å². The van der Waals surface area contributed by atoms with E-state index in [0.717, 1.165) is 32.4 Å². The summed E-state index contributed by atoms with van der Waals surface area (Å²) in [6.45, 7) is 1.71. The largest absolute Gasteiger partial charge is 0.330 e. The van der Waals surface area contributed by atoms with Crippen LogP contribution in [0.1, 0.15) is 19.3 Å². The standard InChI is InChI=1S/C7H14ClN2/c8-6-3-5-10-7(6)2-1-4-9/h6-7H,1-5,9H2. The Morgan fingerprint density at radius 3 is 2.90 bits per heavy atom. The van der Waals surface area contributed by atoms with E-state index in [4.69, 9.17) is 17.3 Å². The van der Waals surface area contributed by atoms with Crippen molar-refractivity contribution in [1.29, 1.82) is 0 Å². The number of nitrogens with zero attached hydrogens (tertiary/aromatic N) is 1. The van der Waals surface area contributed by atoms with Crippen molar-refractivity contribution in [3.8, 4) is 0 Å². The van der Waals surface area contributed by atoms with Gasteiger partial charge in [0.25, 0.3) is 0 Å². The predicted molar refractivity (Wildman–Crippen MR) is 43.3 cm³/mol. The molecule has 1 fully saturated rings. The fraction of sp³-hybridized carbons (Fsp3) is 1.00. The van der Waals surface area contributed by atoms with Crippen LogP contribution in [0.5, 0.6) is 0 Å². The molecule has 0 aromatic heterocycles. The topological polar surface area (TPSA) is 40.1 Å². The first-order chi connectivity index (χ1) is 4.84. The van der Waals surface area contributed by atoms with E-state index in [0.29, 0.717) is 6.04 Å². The van der Waals surface area contributed by atoms with E-state index in [9.17, 15) is 0 Å². The number of nitrogens with two attached hydrogens (primary N) is 1. The molecule has 1 aliphatic rings. The highest BCUT2D eigenvalue weighted by Gasteiger charge is 2.24. The highest BCUT2D eigenvalue weighted by Crippen LogP contribution is 2.18. The zero-order chi connectivity index (χ0) is 7.40. The Balaban J connectivity index is 2.14. The molecule has 0 aliphatic carbocycles. The number of hydrogen-bond donors (Lipinski definition) is 1. The van der Waals surface area contributed by atoms with Crippen LogP contribution in [0, 0.1) is 0 Å². The first-order valence-corrected chi connectivity index (χ1v) is 4.29. The molecule has 0 aromatic rings. The lowest BCUT2D eigenvalue weighted by atomic mass is 10.1. The van der Waals surface area contributed by atoms with Crippen molar-refractivity contribution in [2.45, 2.75) is 30.7 Å². The highest BCUT2D eigenvalue weighted by molar-refractivity contribution is 6.21. The van der Waals surface area contributed by atoms with Crippen LogP contribution in [0.3, 0.4) is 0 Å². The van der Waals surface area contributed by atoms with Gasteiger partial charge in [-0.3, -0.25) is 0 Å². The van der Waals surface area contributed by atoms with Crippen LogP contribution < -0.4 is 11.1 Å². The van der Waals surface area contributed by atoms with Gasteiger partial charge in [0.1, 0.15) is 0 Å². The quantitative estimate of drug-likeness (QED) is 0.609. The second-order valence-electron chi connectivity index (χ2n) is 2.71. The van der Waals surface area contributed by atoms with Gasteiger partial charge in [0.2, 0.25) is 0 Å². The van der Waals surface area contributed by atoms with Crippen LogP contribution in [0.4, 0.5) is 0 Å². The summed E-state index contributed by atoms with van der Waals surface area (Å²) >= 11 is 5.98.